The van der Waals surface area contributed by atoms with Gasteiger partial charge in [0.25, 0.3) is 0 Å². The summed E-state index contributed by atoms with van der Waals surface area (Å²) in [6.07, 6.45) is -4.59. The Morgan fingerprint density at radius 1 is 1.33 bits per heavy atom. The third-order valence-electron chi connectivity index (χ3n) is 2.89. The molecule has 21 heavy (non-hydrogen) atoms. The lowest BCUT2D eigenvalue weighted by Crippen LogP contribution is -2.68. The molecule has 0 saturated carbocycles. The molecule has 0 aliphatic carbocycles. The Morgan fingerprint density at radius 2 is 2.00 bits per heavy atom. The van der Waals surface area contributed by atoms with Crippen LogP contribution < -0.4 is 10.6 Å². The molecule has 0 aromatic rings. The normalized spacial score (nSPS) is 32.1. The van der Waals surface area contributed by atoms with Crippen LogP contribution in [0, 0.1) is 0 Å². The number of nitrogens with one attached hydrogen (secondary N) is 2. The zero-order valence-corrected chi connectivity index (χ0v) is 11.6. The van der Waals surface area contributed by atoms with Crippen LogP contribution in [0.15, 0.2) is 12.7 Å². The maximum absolute atomic E-state index is 11.5. The molecule has 1 rings (SSSR count). The van der Waals surface area contributed by atoms with E-state index in [9.17, 15) is 19.8 Å². The van der Waals surface area contributed by atoms with Crippen molar-refractivity contribution in [1.82, 2.24) is 10.6 Å². The molecule has 5 N–H and O–H groups in total. The van der Waals surface area contributed by atoms with E-state index >= 15 is 0 Å². The summed E-state index contributed by atoms with van der Waals surface area (Å²) in [5, 5.41) is 33.5. The van der Waals surface area contributed by atoms with Crippen LogP contribution in [-0.4, -0.2) is 71.1 Å². The van der Waals surface area contributed by atoms with E-state index in [1.54, 1.807) is 0 Å². The molecule has 0 spiro atoms. The number of carbonyl (C=O) groups excluding carboxylic acids is 2. The van der Waals surface area contributed by atoms with Crippen LogP contribution in [0.2, 0.25) is 0 Å². The van der Waals surface area contributed by atoms with Crippen LogP contribution in [0.25, 0.3) is 0 Å². The summed E-state index contributed by atoms with van der Waals surface area (Å²) in [6, 6.07) is -1.09. The Labute approximate surface area is 121 Å². The number of aliphatic hydroxyl groups is 3. The van der Waals surface area contributed by atoms with Crippen molar-refractivity contribution >= 4 is 12.0 Å². The predicted molar refractivity (Wildman–Crippen MR) is 70.0 cm³/mol. The third-order valence-corrected chi connectivity index (χ3v) is 2.89. The van der Waals surface area contributed by atoms with Gasteiger partial charge in [0, 0.05) is 6.92 Å². The average Bonchev–Trinajstić information content (AvgIpc) is 2.44. The molecular weight excluding hydrogens is 284 g/mol. The first-order chi connectivity index (χ1) is 9.90. The SMILES string of the molecule is C=CCOC(=O)N[C@@H]1O[C@H](CO)[C@@H](O)[C@H](O)[C@H]1NC(C)=O. The second-order valence-electron chi connectivity index (χ2n) is 4.52. The summed E-state index contributed by atoms with van der Waals surface area (Å²) < 4.78 is 9.98. The molecule has 0 radical (unpaired) electrons. The van der Waals surface area contributed by atoms with Crippen LogP contribution in [0.4, 0.5) is 4.79 Å². The van der Waals surface area contributed by atoms with Gasteiger partial charge in [-0.15, -0.1) is 0 Å². The number of rotatable bonds is 5. The van der Waals surface area contributed by atoms with E-state index in [2.05, 4.69) is 17.2 Å². The van der Waals surface area contributed by atoms with Crippen LogP contribution in [0.3, 0.4) is 0 Å². The molecule has 120 valence electrons. The van der Waals surface area contributed by atoms with Gasteiger partial charge in [0.1, 0.15) is 31.0 Å². The zero-order chi connectivity index (χ0) is 16.0. The largest absolute Gasteiger partial charge is 0.445 e. The van der Waals surface area contributed by atoms with Gasteiger partial charge in [-0.1, -0.05) is 12.7 Å². The van der Waals surface area contributed by atoms with Crippen molar-refractivity contribution in [2.45, 2.75) is 37.5 Å². The molecule has 0 unspecified atom stereocenters. The van der Waals surface area contributed by atoms with Crippen LogP contribution >= 0.6 is 0 Å². The van der Waals surface area contributed by atoms with Crippen molar-refractivity contribution in [1.29, 1.82) is 0 Å². The van der Waals surface area contributed by atoms with E-state index < -0.39 is 49.2 Å². The fraction of sp³-hybridized carbons (Fsp3) is 0.667. The lowest BCUT2D eigenvalue weighted by Gasteiger charge is -2.42. The Hall–Kier alpha value is -1.68. The Bertz CT molecular complexity index is 390. The number of ether oxygens (including phenoxy) is 2. The number of amides is 2. The first-order valence-corrected chi connectivity index (χ1v) is 6.34. The summed E-state index contributed by atoms with van der Waals surface area (Å²) >= 11 is 0. The molecular formula is C12H20N2O7. The summed E-state index contributed by atoms with van der Waals surface area (Å²) in [7, 11) is 0. The minimum absolute atomic E-state index is 0.0298. The van der Waals surface area contributed by atoms with E-state index in [0.717, 1.165) is 0 Å². The molecule has 1 saturated heterocycles. The van der Waals surface area contributed by atoms with E-state index in [4.69, 9.17) is 14.6 Å². The van der Waals surface area contributed by atoms with Crippen molar-refractivity contribution in [2.24, 2.45) is 0 Å². The van der Waals surface area contributed by atoms with Crippen molar-refractivity contribution in [3.05, 3.63) is 12.7 Å². The highest BCUT2D eigenvalue weighted by Gasteiger charge is 2.45. The third kappa shape index (κ3) is 4.67. The van der Waals surface area contributed by atoms with E-state index in [1.807, 2.05) is 0 Å². The number of aliphatic hydroxyl groups excluding tert-OH is 3. The molecule has 9 heteroatoms. The van der Waals surface area contributed by atoms with Gasteiger partial charge in [0.2, 0.25) is 5.91 Å². The summed E-state index contributed by atoms with van der Waals surface area (Å²) in [6.45, 7) is 4.00. The van der Waals surface area contributed by atoms with Crippen LogP contribution in [0.1, 0.15) is 6.92 Å². The predicted octanol–water partition coefficient (Wildman–Crippen LogP) is -2.16. The van der Waals surface area contributed by atoms with Crippen LogP contribution in [-0.2, 0) is 14.3 Å². The highest BCUT2D eigenvalue weighted by Crippen LogP contribution is 2.20. The first-order valence-electron chi connectivity index (χ1n) is 6.34. The molecule has 1 heterocycles. The zero-order valence-electron chi connectivity index (χ0n) is 11.6. The van der Waals surface area contributed by atoms with Gasteiger partial charge in [-0.25, -0.2) is 4.79 Å². The van der Waals surface area contributed by atoms with E-state index in [0.29, 0.717) is 0 Å². The minimum atomic E-state index is -1.43. The average molecular weight is 304 g/mol. The van der Waals surface area contributed by atoms with Gasteiger partial charge in [-0.05, 0) is 0 Å². The molecule has 0 aromatic heterocycles. The lowest BCUT2D eigenvalue weighted by molar-refractivity contribution is -0.200. The van der Waals surface area contributed by atoms with Gasteiger partial charge < -0.3 is 30.1 Å². The van der Waals surface area contributed by atoms with Crippen molar-refractivity contribution < 1.29 is 34.4 Å². The van der Waals surface area contributed by atoms with Crippen LogP contribution in [0.5, 0.6) is 0 Å². The Balaban J connectivity index is 2.80. The van der Waals surface area contributed by atoms with Crippen molar-refractivity contribution in [3.8, 4) is 0 Å². The quantitative estimate of drug-likeness (QED) is 0.365. The second-order valence-corrected chi connectivity index (χ2v) is 4.52. The van der Waals surface area contributed by atoms with Gasteiger partial charge in [-0.3, -0.25) is 10.1 Å². The number of alkyl carbamates (subject to hydrolysis) is 1. The molecule has 1 fully saturated rings. The Kier molecular flexibility index (Phi) is 6.56. The van der Waals surface area contributed by atoms with E-state index in [-0.39, 0.29) is 6.61 Å². The van der Waals surface area contributed by atoms with Gasteiger partial charge in [0.15, 0.2) is 6.23 Å². The smallest absolute Gasteiger partial charge is 0.409 e. The van der Waals surface area contributed by atoms with Crippen molar-refractivity contribution in [3.63, 3.8) is 0 Å². The highest BCUT2D eigenvalue weighted by molar-refractivity contribution is 5.73. The highest BCUT2D eigenvalue weighted by atomic mass is 16.6. The molecule has 1 aliphatic rings. The second kappa shape index (κ2) is 7.93. The van der Waals surface area contributed by atoms with Gasteiger partial charge in [-0.2, -0.15) is 0 Å². The Morgan fingerprint density at radius 3 is 2.52 bits per heavy atom. The topological polar surface area (TPSA) is 137 Å². The summed E-state index contributed by atoms with van der Waals surface area (Å²) in [5.74, 6) is -0.483. The van der Waals surface area contributed by atoms with E-state index in [1.165, 1.54) is 13.0 Å². The summed E-state index contributed by atoms with van der Waals surface area (Å²) in [5.41, 5.74) is 0. The molecule has 9 nitrogen and oxygen atoms in total. The summed E-state index contributed by atoms with van der Waals surface area (Å²) in [4.78, 5) is 22.7. The number of hydrogen-bond acceptors (Lipinski definition) is 7. The molecule has 0 aromatic carbocycles. The monoisotopic (exact) mass is 304 g/mol. The molecule has 5 atom stereocenters. The fourth-order valence-corrected chi connectivity index (χ4v) is 1.93. The van der Waals surface area contributed by atoms with Crippen molar-refractivity contribution in [2.75, 3.05) is 13.2 Å². The van der Waals surface area contributed by atoms with Gasteiger partial charge in [0.05, 0.1) is 6.61 Å². The maximum Gasteiger partial charge on any atom is 0.409 e. The molecule has 1 aliphatic heterocycles. The first kappa shape index (κ1) is 17.4. The number of carbonyl (C=O) groups is 2. The molecule has 2 amide bonds. The lowest BCUT2D eigenvalue weighted by atomic mass is 9.96. The number of hydrogen-bond donors (Lipinski definition) is 5. The molecule has 0 bridgehead atoms. The minimum Gasteiger partial charge on any atom is -0.445 e. The fourth-order valence-electron chi connectivity index (χ4n) is 1.93. The maximum atomic E-state index is 11.5. The van der Waals surface area contributed by atoms with Gasteiger partial charge >= 0.3 is 6.09 Å². The standard InChI is InChI=1S/C12H20N2O7/c1-3-4-20-12(19)14-11-8(13-6(2)16)10(18)9(17)7(5-15)21-11/h3,7-11,15,17-18H,1,4-5H2,2H3,(H,13,16)(H,14,19)/t7-,8-,9-,10-,11-/m1/s1.